The fourth-order valence-electron chi connectivity index (χ4n) is 2.25. The number of ether oxygens (including phenoxy) is 1. The monoisotopic (exact) mass is 298 g/mol. The highest BCUT2D eigenvalue weighted by atomic mass is 16.5. The van der Waals surface area contributed by atoms with E-state index in [1.807, 2.05) is 44.2 Å². The van der Waals surface area contributed by atoms with Crippen molar-refractivity contribution in [3.8, 4) is 5.75 Å². The number of rotatable bonds is 5. The molecule has 1 N–H and O–H groups in total. The van der Waals surface area contributed by atoms with E-state index in [1.165, 1.54) is 0 Å². The van der Waals surface area contributed by atoms with Crippen molar-refractivity contribution in [1.29, 1.82) is 0 Å². The average Bonchev–Trinajstić information content (AvgIpc) is 2.53. The zero-order valence-corrected chi connectivity index (χ0v) is 13.1. The van der Waals surface area contributed by atoms with Crippen molar-refractivity contribution in [2.45, 2.75) is 26.7 Å². The molecule has 1 aromatic carbocycles. The molecule has 116 valence electrons. The molecule has 0 heterocycles. The number of para-hydroxylation sites is 1. The van der Waals surface area contributed by atoms with Gasteiger partial charge in [0.05, 0.1) is 5.71 Å². The molecule has 0 saturated carbocycles. The van der Waals surface area contributed by atoms with Crippen molar-refractivity contribution in [3.05, 3.63) is 54.1 Å². The van der Waals surface area contributed by atoms with E-state index in [2.05, 4.69) is 23.2 Å². The number of hydrazone groups is 1. The van der Waals surface area contributed by atoms with Gasteiger partial charge in [-0.15, -0.1) is 0 Å². The number of hydrogen-bond acceptors (Lipinski definition) is 3. The molecule has 1 aliphatic rings. The third-order valence-corrected chi connectivity index (χ3v) is 3.73. The SMILES string of the molecule is C=C(C)[C@@H]1CC=C(C)/C(=N/NC(=O)COc2ccccc2)C1. The van der Waals surface area contributed by atoms with Gasteiger partial charge >= 0.3 is 0 Å². The maximum Gasteiger partial charge on any atom is 0.277 e. The number of carbonyl (C=O) groups excluding carboxylic acids is 1. The van der Waals surface area contributed by atoms with E-state index < -0.39 is 0 Å². The summed E-state index contributed by atoms with van der Waals surface area (Å²) >= 11 is 0. The Bertz CT molecular complexity index is 603. The molecule has 1 atom stereocenters. The highest BCUT2D eigenvalue weighted by molar-refractivity contribution is 6.01. The molecule has 4 nitrogen and oxygen atoms in total. The summed E-state index contributed by atoms with van der Waals surface area (Å²) in [6.45, 7) is 8.00. The second-order valence-electron chi connectivity index (χ2n) is 5.57. The van der Waals surface area contributed by atoms with Crippen molar-refractivity contribution >= 4 is 11.6 Å². The van der Waals surface area contributed by atoms with Gasteiger partial charge in [0, 0.05) is 0 Å². The first-order valence-electron chi connectivity index (χ1n) is 7.42. The zero-order valence-electron chi connectivity index (χ0n) is 13.1. The van der Waals surface area contributed by atoms with E-state index >= 15 is 0 Å². The first kappa shape index (κ1) is 16.0. The van der Waals surface area contributed by atoms with Gasteiger partial charge in [-0.2, -0.15) is 5.10 Å². The minimum atomic E-state index is -0.262. The normalized spacial score (nSPS) is 19.5. The zero-order chi connectivity index (χ0) is 15.9. The minimum Gasteiger partial charge on any atom is -0.484 e. The Morgan fingerprint density at radius 2 is 2.14 bits per heavy atom. The number of hydrogen-bond donors (Lipinski definition) is 1. The van der Waals surface area contributed by atoms with Crippen molar-refractivity contribution in [3.63, 3.8) is 0 Å². The summed E-state index contributed by atoms with van der Waals surface area (Å²) in [6, 6.07) is 9.24. The molecule has 2 rings (SSSR count). The standard InChI is InChI=1S/C18H22N2O2/c1-13(2)15-10-9-14(3)17(11-15)19-20-18(21)12-22-16-7-5-4-6-8-16/h4-9,15H,1,10-12H2,2-3H3,(H,20,21)/b19-17+/t15-/m1/s1. The predicted molar refractivity (Wildman–Crippen MR) is 88.8 cm³/mol. The Labute approximate surface area is 131 Å². The van der Waals surface area contributed by atoms with E-state index in [-0.39, 0.29) is 12.5 Å². The van der Waals surface area contributed by atoms with Gasteiger partial charge in [-0.05, 0) is 50.3 Å². The van der Waals surface area contributed by atoms with Crippen LogP contribution in [-0.2, 0) is 4.79 Å². The van der Waals surface area contributed by atoms with E-state index in [0.717, 1.165) is 29.7 Å². The van der Waals surface area contributed by atoms with Crippen LogP contribution in [0.4, 0.5) is 0 Å². The summed E-state index contributed by atoms with van der Waals surface area (Å²) in [5.41, 5.74) is 5.74. The third kappa shape index (κ3) is 4.58. The highest BCUT2D eigenvalue weighted by Gasteiger charge is 2.18. The van der Waals surface area contributed by atoms with Crippen LogP contribution in [0.25, 0.3) is 0 Å². The Kier molecular flexibility index (Phi) is 5.53. The topological polar surface area (TPSA) is 50.7 Å². The lowest BCUT2D eigenvalue weighted by atomic mass is 9.85. The summed E-state index contributed by atoms with van der Waals surface area (Å²) in [4.78, 5) is 11.8. The lowest BCUT2D eigenvalue weighted by molar-refractivity contribution is -0.123. The van der Waals surface area contributed by atoms with E-state index in [4.69, 9.17) is 4.74 Å². The molecular weight excluding hydrogens is 276 g/mol. The Balaban J connectivity index is 1.87. The molecule has 22 heavy (non-hydrogen) atoms. The minimum absolute atomic E-state index is 0.0481. The van der Waals surface area contributed by atoms with Gasteiger partial charge in [0.2, 0.25) is 0 Å². The van der Waals surface area contributed by atoms with Crippen LogP contribution in [0.5, 0.6) is 5.75 Å². The van der Waals surface area contributed by atoms with Crippen LogP contribution in [0.3, 0.4) is 0 Å². The number of benzene rings is 1. The van der Waals surface area contributed by atoms with Crippen LogP contribution < -0.4 is 10.2 Å². The van der Waals surface area contributed by atoms with Gasteiger partial charge in [-0.3, -0.25) is 4.79 Å². The van der Waals surface area contributed by atoms with Gasteiger partial charge < -0.3 is 4.74 Å². The maximum atomic E-state index is 11.8. The fraction of sp³-hybridized carbons (Fsp3) is 0.333. The van der Waals surface area contributed by atoms with Gasteiger partial charge in [0.1, 0.15) is 5.75 Å². The Morgan fingerprint density at radius 1 is 1.41 bits per heavy atom. The van der Waals surface area contributed by atoms with Crippen LogP contribution >= 0.6 is 0 Å². The lowest BCUT2D eigenvalue weighted by Gasteiger charge is -2.22. The number of amides is 1. The van der Waals surface area contributed by atoms with Crippen molar-refractivity contribution in [1.82, 2.24) is 5.43 Å². The molecule has 0 unspecified atom stereocenters. The molecule has 0 aliphatic heterocycles. The lowest BCUT2D eigenvalue weighted by Crippen LogP contribution is -2.27. The summed E-state index contributed by atoms with van der Waals surface area (Å²) < 4.78 is 5.38. The molecule has 0 aromatic heterocycles. The van der Waals surface area contributed by atoms with Crippen molar-refractivity contribution in [2.75, 3.05) is 6.61 Å². The quantitative estimate of drug-likeness (QED) is 0.668. The maximum absolute atomic E-state index is 11.8. The molecule has 1 aliphatic carbocycles. The van der Waals surface area contributed by atoms with Crippen molar-refractivity contribution in [2.24, 2.45) is 11.0 Å². The van der Waals surface area contributed by atoms with Gasteiger partial charge in [-0.25, -0.2) is 5.43 Å². The van der Waals surface area contributed by atoms with Gasteiger partial charge in [-0.1, -0.05) is 36.4 Å². The first-order valence-corrected chi connectivity index (χ1v) is 7.42. The van der Waals surface area contributed by atoms with Crippen LogP contribution in [-0.4, -0.2) is 18.2 Å². The van der Waals surface area contributed by atoms with Crippen molar-refractivity contribution < 1.29 is 9.53 Å². The highest BCUT2D eigenvalue weighted by Crippen LogP contribution is 2.26. The molecular formula is C18H22N2O2. The van der Waals surface area contributed by atoms with Crippen LogP contribution in [0.2, 0.25) is 0 Å². The Morgan fingerprint density at radius 3 is 2.82 bits per heavy atom. The summed E-state index contributed by atoms with van der Waals surface area (Å²) in [5.74, 6) is 0.808. The summed E-state index contributed by atoms with van der Waals surface area (Å²) in [5, 5.41) is 4.24. The third-order valence-electron chi connectivity index (χ3n) is 3.73. The van der Waals surface area contributed by atoms with Gasteiger partial charge in [0.25, 0.3) is 5.91 Å². The van der Waals surface area contributed by atoms with Crippen LogP contribution in [0, 0.1) is 5.92 Å². The number of carbonyl (C=O) groups is 1. The number of nitrogens with one attached hydrogen (secondary N) is 1. The smallest absolute Gasteiger partial charge is 0.277 e. The van der Waals surface area contributed by atoms with E-state index in [9.17, 15) is 4.79 Å². The van der Waals surface area contributed by atoms with E-state index in [0.29, 0.717) is 11.7 Å². The largest absolute Gasteiger partial charge is 0.484 e. The van der Waals surface area contributed by atoms with Crippen LogP contribution in [0.1, 0.15) is 26.7 Å². The van der Waals surface area contributed by atoms with E-state index in [1.54, 1.807) is 0 Å². The first-order chi connectivity index (χ1) is 10.6. The number of allylic oxidation sites excluding steroid dienone is 3. The predicted octanol–water partition coefficient (Wildman–Crippen LogP) is 3.47. The molecule has 1 aromatic rings. The average molecular weight is 298 g/mol. The van der Waals surface area contributed by atoms with Crippen LogP contribution in [0.15, 0.2) is 59.2 Å². The molecule has 0 spiro atoms. The molecule has 0 fully saturated rings. The van der Waals surface area contributed by atoms with Gasteiger partial charge in [0.15, 0.2) is 6.61 Å². The number of nitrogens with zero attached hydrogens (tertiary/aromatic N) is 1. The molecule has 0 radical (unpaired) electrons. The molecule has 0 bridgehead atoms. The molecule has 0 saturated heterocycles. The second kappa shape index (κ2) is 7.59. The summed E-state index contributed by atoms with van der Waals surface area (Å²) in [6.07, 6.45) is 3.96. The molecule has 4 heteroatoms. The summed E-state index contributed by atoms with van der Waals surface area (Å²) in [7, 11) is 0. The second-order valence-corrected chi connectivity index (χ2v) is 5.57. The Hall–Kier alpha value is -2.36. The molecule has 1 amide bonds. The fourth-order valence-corrected chi connectivity index (χ4v) is 2.25.